The Labute approximate surface area is 210 Å². The highest BCUT2D eigenvalue weighted by Crippen LogP contribution is 2.42. The van der Waals surface area contributed by atoms with E-state index in [1.807, 2.05) is 54.7 Å². The monoisotopic (exact) mass is 476 g/mol. The molecule has 0 saturated carbocycles. The van der Waals surface area contributed by atoms with Crippen LogP contribution in [-0.4, -0.2) is 9.55 Å². The average Bonchev–Trinajstić information content (AvgIpc) is 3.47. The molecule has 0 unspecified atom stereocenters. The fourth-order valence-corrected chi connectivity index (χ4v) is 6.37. The summed E-state index contributed by atoms with van der Waals surface area (Å²) in [6.45, 7) is 0. The highest BCUT2D eigenvalue weighted by atomic mass is 32.1. The molecule has 3 heterocycles. The van der Waals surface area contributed by atoms with Gasteiger partial charge in [0, 0.05) is 38.6 Å². The second-order valence-electron chi connectivity index (χ2n) is 8.67. The number of hydrogen-bond donors (Lipinski definition) is 0. The van der Waals surface area contributed by atoms with E-state index < -0.39 is 0 Å². The average molecular weight is 477 g/mol. The first-order valence-electron chi connectivity index (χ1n) is 11.5. The highest BCUT2D eigenvalue weighted by Gasteiger charge is 2.22. The number of benzene rings is 4. The maximum atomic E-state index is 10.4. The van der Waals surface area contributed by atoms with Crippen LogP contribution < -0.4 is 0 Å². The van der Waals surface area contributed by atoms with Crippen molar-refractivity contribution in [3.8, 4) is 29.0 Å². The topological polar surface area (TPSA) is 65.4 Å². The SMILES string of the molecule is N#Cc1cc2c(sc3ccccc32)c(C#N)c1-n1c2ccncc2c2cc(-c3ccccc3)ccc21. The summed E-state index contributed by atoms with van der Waals surface area (Å²) >= 11 is 1.60. The van der Waals surface area contributed by atoms with E-state index in [9.17, 15) is 10.5 Å². The van der Waals surface area contributed by atoms with Crippen molar-refractivity contribution < 1.29 is 0 Å². The third-order valence-electron chi connectivity index (χ3n) is 6.77. The van der Waals surface area contributed by atoms with E-state index in [1.54, 1.807) is 17.5 Å². The van der Waals surface area contributed by atoms with Crippen LogP contribution >= 0.6 is 11.3 Å². The largest absolute Gasteiger partial charge is 0.306 e. The number of nitrogens with zero attached hydrogens (tertiary/aromatic N) is 4. The Bertz CT molecular complexity index is 2070. The quantitative estimate of drug-likeness (QED) is 0.254. The number of hydrogen-bond acceptors (Lipinski definition) is 4. The van der Waals surface area contributed by atoms with Gasteiger partial charge in [-0.25, -0.2) is 0 Å². The molecule has 3 aromatic heterocycles. The lowest BCUT2D eigenvalue weighted by Gasteiger charge is -2.13. The molecular formula is C31H16N4S. The fourth-order valence-electron chi connectivity index (χ4n) is 5.19. The summed E-state index contributed by atoms with van der Waals surface area (Å²) in [6, 6.07) is 33.4. The van der Waals surface area contributed by atoms with E-state index in [4.69, 9.17) is 0 Å². The van der Waals surface area contributed by atoms with Crippen LogP contribution in [0, 0.1) is 22.7 Å². The van der Waals surface area contributed by atoms with E-state index in [2.05, 4.69) is 58.1 Å². The van der Waals surface area contributed by atoms with Gasteiger partial charge in [0.2, 0.25) is 0 Å². The van der Waals surface area contributed by atoms with Gasteiger partial charge >= 0.3 is 0 Å². The van der Waals surface area contributed by atoms with E-state index in [-0.39, 0.29) is 0 Å². The van der Waals surface area contributed by atoms with Crippen LogP contribution in [-0.2, 0) is 0 Å². The Hall–Kier alpha value is -4.97. The van der Waals surface area contributed by atoms with Gasteiger partial charge in [0.25, 0.3) is 0 Å². The Morgan fingerprint density at radius 3 is 2.33 bits per heavy atom. The van der Waals surface area contributed by atoms with Crippen molar-refractivity contribution in [3.63, 3.8) is 0 Å². The maximum absolute atomic E-state index is 10.4. The van der Waals surface area contributed by atoms with Crippen LogP contribution in [0.4, 0.5) is 0 Å². The number of pyridine rings is 1. The Kier molecular flexibility index (Phi) is 4.41. The zero-order chi connectivity index (χ0) is 24.2. The molecule has 7 aromatic rings. The third kappa shape index (κ3) is 2.81. The minimum absolute atomic E-state index is 0.477. The van der Waals surface area contributed by atoms with Gasteiger partial charge in [-0.1, -0.05) is 54.6 Å². The predicted octanol–water partition coefficient (Wildman–Crippen LogP) is 7.96. The van der Waals surface area contributed by atoms with Crippen LogP contribution in [0.1, 0.15) is 11.1 Å². The zero-order valence-electron chi connectivity index (χ0n) is 18.9. The normalized spacial score (nSPS) is 11.3. The standard InChI is InChI=1S/C31H16N4S/c32-16-21-15-24-22-8-4-5-9-29(22)36-31(24)25(17-33)30(21)35-27-11-10-20(19-6-2-1-3-7-19)14-23(27)26-18-34-13-12-28(26)35/h1-15,18H. The minimum atomic E-state index is 0.477. The molecule has 0 atom stereocenters. The van der Waals surface area contributed by atoms with Crippen LogP contribution in [0.3, 0.4) is 0 Å². The number of rotatable bonds is 2. The van der Waals surface area contributed by atoms with Gasteiger partial charge < -0.3 is 4.57 Å². The zero-order valence-corrected chi connectivity index (χ0v) is 19.8. The van der Waals surface area contributed by atoms with Crippen molar-refractivity contribution in [2.24, 2.45) is 0 Å². The van der Waals surface area contributed by atoms with Crippen molar-refractivity contribution in [1.29, 1.82) is 10.5 Å². The molecule has 0 aliphatic carbocycles. The van der Waals surface area contributed by atoms with Crippen LogP contribution in [0.5, 0.6) is 0 Å². The van der Waals surface area contributed by atoms with Crippen LogP contribution in [0.2, 0.25) is 0 Å². The summed E-state index contributed by atoms with van der Waals surface area (Å²) in [6.07, 6.45) is 3.62. The summed E-state index contributed by atoms with van der Waals surface area (Å²) in [5, 5.41) is 24.7. The molecule has 0 bridgehead atoms. The molecule has 0 aliphatic heterocycles. The lowest BCUT2D eigenvalue weighted by atomic mass is 10.0. The molecule has 0 aliphatic rings. The Balaban J connectivity index is 1.63. The molecular weight excluding hydrogens is 460 g/mol. The third-order valence-corrected chi connectivity index (χ3v) is 7.98. The lowest BCUT2D eigenvalue weighted by Crippen LogP contribution is -2.01. The predicted molar refractivity (Wildman–Crippen MR) is 146 cm³/mol. The molecule has 0 amide bonds. The van der Waals surface area contributed by atoms with E-state index in [0.717, 1.165) is 53.1 Å². The molecule has 5 heteroatoms. The van der Waals surface area contributed by atoms with Crippen molar-refractivity contribution in [2.75, 3.05) is 0 Å². The molecule has 4 nitrogen and oxygen atoms in total. The molecule has 0 spiro atoms. The van der Waals surface area contributed by atoms with Crippen LogP contribution in [0.15, 0.2) is 97.3 Å². The van der Waals surface area contributed by atoms with Crippen molar-refractivity contribution in [1.82, 2.24) is 9.55 Å². The van der Waals surface area contributed by atoms with Crippen molar-refractivity contribution >= 4 is 53.3 Å². The Morgan fingerprint density at radius 2 is 1.50 bits per heavy atom. The molecule has 166 valence electrons. The summed E-state index contributed by atoms with van der Waals surface area (Å²) in [7, 11) is 0. The first-order valence-corrected chi connectivity index (χ1v) is 12.3. The molecule has 7 rings (SSSR count). The minimum Gasteiger partial charge on any atom is -0.306 e. The van der Waals surface area contributed by atoms with Crippen LogP contribution in [0.25, 0.3) is 58.8 Å². The van der Waals surface area contributed by atoms with Gasteiger partial charge in [0.15, 0.2) is 0 Å². The summed E-state index contributed by atoms with van der Waals surface area (Å²) in [5.74, 6) is 0. The van der Waals surface area contributed by atoms with Crippen molar-refractivity contribution in [2.45, 2.75) is 0 Å². The highest BCUT2D eigenvalue weighted by molar-refractivity contribution is 7.26. The number of aromatic nitrogens is 2. The first kappa shape index (κ1) is 20.4. The van der Waals surface area contributed by atoms with Gasteiger partial charge in [-0.15, -0.1) is 11.3 Å². The molecule has 0 saturated heterocycles. The van der Waals surface area contributed by atoms with Gasteiger partial charge in [0.1, 0.15) is 12.1 Å². The van der Waals surface area contributed by atoms with E-state index >= 15 is 0 Å². The summed E-state index contributed by atoms with van der Waals surface area (Å²) < 4.78 is 4.06. The van der Waals surface area contributed by atoms with Gasteiger partial charge in [-0.2, -0.15) is 10.5 Å². The molecule has 36 heavy (non-hydrogen) atoms. The number of nitriles is 2. The molecule has 0 N–H and O–H groups in total. The second-order valence-corrected chi connectivity index (χ2v) is 9.72. The molecule has 0 radical (unpaired) electrons. The van der Waals surface area contributed by atoms with E-state index in [1.165, 1.54) is 0 Å². The Morgan fingerprint density at radius 1 is 0.694 bits per heavy atom. The second kappa shape index (κ2) is 7.78. The smallest absolute Gasteiger partial charge is 0.103 e. The van der Waals surface area contributed by atoms with Gasteiger partial charge in [0.05, 0.1) is 32.5 Å². The van der Waals surface area contributed by atoms with Gasteiger partial charge in [-0.05, 0) is 41.5 Å². The maximum Gasteiger partial charge on any atom is 0.103 e. The summed E-state index contributed by atoms with van der Waals surface area (Å²) in [4.78, 5) is 4.40. The van der Waals surface area contributed by atoms with Gasteiger partial charge in [-0.3, -0.25) is 4.98 Å². The summed E-state index contributed by atoms with van der Waals surface area (Å²) in [5.41, 5.74) is 5.71. The lowest BCUT2D eigenvalue weighted by molar-refractivity contribution is 1.16. The van der Waals surface area contributed by atoms with E-state index in [0.29, 0.717) is 16.8 Å². The number of fused-ring (bicyclic) bond motifs is 6. The first-order chi connectivity index (χ1) is 17.8. The molecule has 4 aromatic carbocycles. The van der Waals surface area contributed by atoms with Crippen molar-refractivity contribution in [3.05, 3.63) is 108 Å². The number of thiophene rings is 1. The fraction of sp³-hybridized carbons (Fsp3) is 0. The molecule has 0 fully saturated rings.